The van der Waals surface area contributed by atoms with Crippen molar-refractivity contribution in [3.05, 3.63) is 65.2 Å². The Morgan fingerprint density at radius 3 is 2.62 bits per heavy atom. The number of fused-ring (bicyclic) bond motifs is 4. The minimum absolute atomic E-state index is 0.170. The molecule has 0 aliphatic heterocycles. The van der Waals surface area contributed by atoms with E-state index in [1.165, 1.54) is 0 Å². The molecule has 1 heterocycles. The number of para-hydroxylation sites is 1. The summed E-state index contributed by atoms with van der Waals surface area (Å²) in [5.74, 6) is -0.170. The molecule has 2 N–H and O–H groups in total. The molecule has 0 spiro atoms. The first-order valence-corrected chi connectivity index (χ1v) is 8.95. The average Bonchev–Trinajstić information content (AvgIpc) is 2.65. The molecule has 1 aliphatic rings. The van der Waals surface area contributed by atoms with Crippen molar-refractivity contribution in [1.82, 2.24) is 10.3 Å². The van der Waals surface area contributed by atoms with E-state index in [1.807, 2.05) is 69.3 Å². The van der Waals surface area contributed by atoms with Crippen LogP contribution in [-0.4, -0.2) is 22.5 Å². The number of nitrogens with zero attached hydrogens (tertiary/aromatic N) is 1. The SMILES string of the molecule is CCNC(=O)c1c2c(nc3ccccc13)-c1ccccc1C(C)(C)[C@@H]2O. The average molecular weight is 346 g/mol. The zero-order valence-electron chi connectivity index (χ0n) is 15.2. The number of aromatic nitrogens is 1. The maximum Gasteiger partial charge on any atom is 0.252 e. The van der Waals surface area contributed by atoms with Crippen molar-refractivity contribution in [3.63, 3.8) is 0 Å². The van der Waals surface area contributed by atoms with Gasteiger partial charge in [-0.05, 0) is 18.6 Å². The number of aliphatic hydroxyl groups is 1. The monoisotopic (exact) mass is 346 g/mol. The van der Waals surface area contributed by atoms with E-state index in [1.54, 1.807) is 0 Å². The van der Waals surface area contributed by atoms with Crippen LogP contribution in [-0.2, 0) is 5.41 Å². The van der Waals surface area contributed by atoms with Gasteiger partial charge in [0.15, 0.2) is 0 Å². The van der Waals surface area contributed by atoms with Gasteiger partial charge in [-0.15, -0.1) is 0 Å². The highest BCUT2D eigenvalue weighted by Gasteiger charge is 2.42. The lowest BCUT2D eigenvalue weighted by Crippen LogP contribution is -2.35. The van der Waals surface area contributed by atoms with E-state index in [0.29, 0.717) is 23.4 Å². The van der Waals surface area contributed by atoms with E-state index in [4.69, 9.17) is 4.98 Å². The number of amides is 1. The topological polar surface area (TPSA) is 62.2 Å². The Labute approximate surface area is 152 Å². The fourth-order valence-electron chi connectivity index (χ4n) is 3.95. The minimum Gasteiger partial charge on any atom is -0.387 e. The lowest BCUT2D eigenvalue weighted by molar-refractivity contribution is 0.0891. The predicted octanol–water partition coefficient (Wildman–Crippen LogP) is 3.98. The number of carbonyl (C=O) groups is 1. The van der Waals surface area contributed by atoms with Crippen LogP contribution < -0.4 is 5.32 Å². The highest BCUT2D eigenvalue weighted by molar-refractivity contribution is 6.09. The molecule has 0 saturated carbocycles. The van der Waals surface area contributed by atoms with E-state index in [-0.39, 0.29) is 5.91 Å². The molecule has 0 radical (unpaired) electrons. The molecule has 4 nitrogen and oxygen atoms in total. The summed E-state index contributed by atoms with van der Waals surface area (Å²) in [7, 11) is 0. The summed E-state index contributed by atoms with van der Waals surface area (Å²) in [5, 5.41) is 14.9. The van der Waals surface area contributed by atoms with Crippen LogP contribution in [0.3, 0.4) is 0 Å². The van der Waals surface area contributed by atoms with Gasteiger partial charge in [0, 0.05) is 28.5 Å². The second-order valence-electron chi connectivity index (χ2n) is 7.30. The summed E-state index contributed by atoms with van der Waals surface area (Å²) in [4.78, 5) is 17.8. The molecule has 2 aromatic carbocycles. The summed E-state index contributed by atoms with van der Waals surface area (Å²) in [5.41, 5.74) is 4.12. The van der Waals surface area contributed by atoms with Crippen molar-refractivity contribution >= 4 is 16.8 Å². The third-order valence-electron chi connectivity index (χ3n) is 5.33. The first-order chi connectivity index (χ1) is 12.5. The van der Waals surface area contributed by atoms with Gasteiger partial charge < -0.3 is 10.4 Å². The molecule has 3 aromatic rings. The molecule has 0 bridgehead atoms. The second kappa shape index (κ2) is 5.92. The van der Waals surface area contributed by atoms with Gasteiger partial charge in [0.05, 0.1) is 22.9 Å². The molecular weight excluding hydrogens is 324 g/mol. The predicted molar refractivity (Wildman–Crippen MR) is 103 cm³/mol. The number of benzene rings is 2. The number of aliphatic hydroxyl groups excluding tert-OH is 1. The van der Waals surface area contributed by atoms with Crippen LogP contribution in [0.1, 0.15) is 48.4 Å². The van der Waals surface area contributed by atoms with E-state index in [9.17, 15) is 9.90 Å². The van der Waals surface area contributed by atoms with E-state index >= 15 is 0 Å². The molecule has 1 aliphatic carbocycles. The van der Waals surface area contributed by atoms with Crippen molar-refractivity contribution in [3.8, 4) is 11.3 Å². The molecule has 26 heavy (non-hydrogen) atoms. The normalized spacial score (nSPS) is 17.5. The van der Waals surface area contributed by atoms with Gasteiger partial charge in [0.25, 0.3) is 5.91 Å². The molecule has 1 aromatic heterocycles. The summed E-state index contributed by atoms with van der Waals surface area (Å²) < 4.78 is 0. The number of pyridine rings is 1. The van der Waals surface area contributed by atoms with Crippen molar-refractivity contribution < 1.29 is 9.90 Å². The first-order valence-electron chi connectivity index (χ1n) is 8.95. The Morgan fingerprint density at radius 1 is 1.15 bits per heavy atom. The molecule has 1 atom stereocenters. The van der Waals surface area contributed by atoms with E-state index < -0.39 is 11.5 Å². The quantitative estimate of drug-likeness (QED) is 0.738. The largest absolute Gasteiger partial charge is 0.387 e. The summed E-state index contributed by atoms with van der Waals surface area (Å²) in [6.45, 7) is 6.44. The van der Waals surface area contributed by atoms with Crippen LogP contribution >= 0.6 is 0 Å². The standard InChI is InChI=1S/C22H22N2O2/c1-4-23-21(26)17-14-10-6-8-12-16(14)24-19-13-9-5-7-11-15(13)22(2,3)20(25)18(17)19/h5-12,20,25H,4H2,1-3H3,(H,23,26)/t20-/m1/s1. The van der Waals surface area contributed by atoms with Crippen molar-refractivity contribution in [1.29, 1.82) is 0 Å². The van der Waals surface area contributed by atoms with E-state index in [2.05, 4.69) is 5.32 Å². The second-order valence-corrected chi connectivity index (χ2v) is 7.30. The molecule has 132 valence electrons. The smallest absolute Gasteiger partial charge is 0.252 e. The maximum absolute atomic E-state index is 12.9. The maximum atomic E-state index is 12.9. The van der Waals surface area contributed by atoms with Gasteiger partial charge in [0.2, 0.25) is 0 Å². The summed E-state index contributed by atoms with van der Waals surface area (Å²) in [6.07, 6.45) is -0.817. The fraction of sp³-hybridized carbons (Fsp3) is 0.273. The van der Waals surface area contributed by atoms with Crippen LogP contribution in [0, 0.1) is 0 Å². The Balaban J connectivity index is 2.16. The lowest BCUT2D eigenvalue weighted by Gasteiger charge is -2.39. The molecule has 4 rings (SSSR count). The third kappa shape index (κ3) is 2.26. The lowest BCUT2D eigenvalue weighted by atomic mass is 9.68. The van der Waals surface area contributed by atoms with Gasteiger partial charge >= 0.3 is 0 Å². The van der Waals surface area contributed by atoms with Crippen molar-refractivity contribution in [2.75, 3.05) is 6.54 Å². The van der Waals surface area contributed by atoms with Crippen molar-refractivity contribution in [2.45, 2.75) is 32.3 Å². The van der Waals surface area contributed by atoms with Crippen LogP contribution in [0.15, 0.2) is 48.5 Å². The molecule has 0 saturated heterocycles. The zero-order valence-corrected chi connectivity index (χ0v) is 15.2. The van der Waals surface area contributed by atoms with Crippen LogP contribution in [0.25, 0.3) is 22.2 Å². The van der Waals surface area contributed by atoms with Gasteiger partial charge in [-0.25, -0.2) is 4.98 Å². The Bertz CT molecular complexity index is 1020. The fourth-order valence-corrected chi connectivity index (χ4v) is 3.95. The summed E-state index contributed by atoms with van der Waals surface area (Å²) >= 11 is 0. The Kier molecular flexibility index (Phi) is 3.81. The van der Waals surface area contributed by atoms with Gasteiger partial charge in [-0.1, -0.05) is 56.3 Å². The third-order valence-corrected chi connectivity index (χ3v) is 5.33. The highest BCUT2D eigenvalue weighted by Crippen LogP contribution is 2.50. The molecule has 0 fully saturated rings. The van der Waals surface area contributed by atoms with Crippen molar-refractivity contribution in [2.24, 2.45) is 0 Å². The van der Waals surface area contributed by atoms with Crippen LogP contribution in [0.2, 0.25) is 0 Å². The van der Waals surface area contributed by atoms with Crippen LogP contribution in [0.5, 0.6) is 0 Å². The molecule has 4 heteroatoms. The number of nitrogens with one attached hydrogen (secondary N) is 1. The van der Waals surface area contributed by atoms with E-state index in [0.717, 1.165) is 22.0 Å². The number of hydrogen-bond acceptors (Lipinski definition) is 3. The van der Waals surface area contributed by atoms with Gasteiger partial charge in [-0.3, -0.25) is 4.79 Å². The van der Waals surface area contributed by atoms with Crippen LogP contribution in [0.4, 0.5) is 0 Å². The number of hydrogen-bond donors (Lipinski definition) is 2. The first kappa shape index (κ1) is 16.7. The number of rotatable bonds is 2. The molecule has 1 amide bonds. The number of carbonyl (C=O) groups excluding carboxylic acids is 1. The zero-order chi connectivity index (χ0) is 18.5. The minimum atomic E-state index is -0.817. The highest BCUT2D eigenvalue weighted by atomic mass is 16.3. The Morgan fingerprint density at radius 2 is 1.85 bits per heavy atom. The Hall–Kier alpha value is -2.72. The molecule has 0 unspecified atom stereocenters. The summed E-state index contributed by atoms with van der Waals surface area (Å²) in [6, 6.07) is 15.6. The molecular formula is C22H22N2O2. The van der Waals surface area contributed by atoms with Gasteiger partial charge in [-0.2, -0.15) is 0 Å². The van der Waals surface area contributed by atoms with Gasteiger partial charge in [0.1, 0.15) is 0 Å².